The number of nitrogens with one attached hydrogen (secondary N) is 1. The summed E-state index contributed by atoms with van der Waals surface area (Å²) in [5, 5.41) is 12.3. The molecule has 2 N–H and O–H groups in total. The van der Waals surface area contributed by atoms with Crippen LogP contribution in [0.2, 0.25) is 0 Å². The fraction of sp³-hybridized carbons (Fsp3) is 0.438. The summed E-state index contributed by atoms with van der Waals surface area (Å²) in [5.41, 5.74) is 1.97. The molecule has 11 nitrogen and oxygen atoms in total. The second-order valence-corrected chi connectivity index (χ2v) is 13.5. The Labute approximate surface area is 257 Å². The Morgan fingerprint density at radius 2 is 1.70 bits per heavy atom. The third-order valence-corrected chi connectivity index (χ3v) is 10.5. The maximum absolute atomic E-state index is 13.2. The first kappa shape index (κ1) is 31.4. The van der Waals surface area contributed by atoms with Crippen LogP contribution < -0.4 is 5.32 Å². The highest BCUT2D eigenvalue weighted by molar-refractivity contribution is 7.89. The lowest BCUT2D eigenvalue weighted by Gasteiger charge is -2.32. The van der Waals surface area contributed by atoms with Crippen molar-refractivity contribution in [3.63, 3.8) is 0 Å². The number of nitrogens with zero attached hydrogens (tertiary/aromatic N) is 4. The standard InChI is InChI=1S/C32H39N5O6S/c1-23-9-11-26(12-10-23)44(42,43)37-18-5-8-28(37)31(39)34-27(32(40)41)13-14-29(38)35-19-15-24(16-20-35)22-36-21-17-33-30(36)25-6-3-2-4-7-25/h2-4,6-7,9-12,17,21,24,27-28H,5,8,13-16,18-20,22H2,1H3,(H,34,39)(H,40,41)/t27-,28+/m0/s1. The number of sulfonamides is 1. The van der Waals surface area contributed by atoms with Gasteiger partial charge < -0.3 is 19.9 Å². The Morgan fingerprint density at radius 1 is 1.00 bits per heavy atom. The van der Waals surface area contributed by atoms with Crippen molar-refractivity contribution in [1.29, 1.82) is 0 Å². The van der Waals surface area contributed by atoms with Gasteiger partial charge in [0.2, 0.25) is 21.8 Å². The number of carbonyl (C=O) groups is 3. The zero-order valence-corrected chi connectivity index (χ0v) is 25.7. The number of carboxylic acid groups (broad SMARTS) is 1. The molecule has 2 aliphatic rings. The molecular formula is C32H39N5O6S. The molecule has 2 aromatic carbocycles. The summed E-state index contributed by atoms with van der Waals surface area (Å²) >= 11 is 0. The topological polar surface area (TPSA) is 142 Å². The van der Waals surface area contributed by atoms with E-state index in [0.717, 1.165) is 40.6 Å². The van der Waals surface area contributed by atoms with E-state index in [1.807, 2.05) is 43.5 Å². The minimum absolute atomic E-state index is 0.0301. The van der Waals surface area contributed by atoms with Gasteiger partial charge in [-0.2, -0.15) is 4.31 Å². The number of carboxylic acids is 1. The fourth-order valence-corrected chi connectivity index (χ4v) is 7.69. The van der Waals surface area contributed by atoms with Gasteiger partial charge in [-0.1, -0.05) is 48.0 Å². The molecule has 3 aromatic rings. The number of hydrogen-bond acceptors (Lipinski definition) is 6. The Kier molecular flexibility index (Phi) is 9.80. The van der Waals surface area contributed by atoms with E-state index in [0.29, 0.717) is 31.8 Å². The predicted molar refractivity (Wildman–Crippen MR) is 164 cm³/mol. The van der Waals surface area contributed by atoms with Crippen LogP contribution in [-0.4, -0.2) is 81.8 Å². The molecule has 2 fully saturated rings. The molecule has 0 saturated carbocycles. The molecule has 44 heavy (non-hydrogen) atoms. The van der Waals surface area contributed by atoms with Gasteiger partial charge in [0, 0.05) is 50.6 Å². The van der Waals surface area contributed by atoms with Crippen LogP contribution >= 0.6 is 0 Å². The van der Waals surface area contributed by atoms with Crippen LogP contribution in [0.15, 0.2) is 71.9 Å². The maximum atomic E-state index is 13.2. The normalized spacial score (nSPS) is 18.7. The first-order chi connectivity index (χ1) is 21.1. The van der Waals surface area contributed by atoms with Crippen LogP contribution in [0.5, 0.6) is 0 Å². The van der Waals surface area contributed by atoms with Gasteiger partial charge in [0.1, 0.15) is 17.9 Å². The van der Waals surface area contributed by atoms with Crippen molar-refractivity contribution < 1.29 is 27.9 Å². The van der Waals surface area contributed by atoms with Crippen LogP contribution in [0.25, 0.3) is 11.4 Å². The molecule has 2 saturated heterocycles. The number of aromatic nitrogens is 2. The van der Waals surface area contributed by atoms with E-state index in [1.165, 1.54) is 12.1 Å². The number of aliphatic carboxylic acids is 1. The molecule has 2 aliphatic heterocycles. The molecule has 5 rings (SSSR count). The van der Waals surface area contributed by atoms with E-state index < -0.39 is 34.0 Å². The number of hydrogen-bond donors (Lipinski definition) is 2. The molecule has 2 amide bonds. The number of amides is 2. The monoisotopic (exact) mass is 621 g/mol. The van der Waals surface area contributed by atoms with Gasteiger partial charge in [0.15, 0.2) is 0 Å². The molecule has 2 atom stereocenters. The fourth-order valence-electron chi connectivity index (χ4n) is 6.03. The Hall–Kier alpha value is -4.03. The van der Waals surface area contributed by atoms with Crippen molar-refractivity contribution in [2.24, 2.45) is 5.92 Å². The number of rotatable bonds is 11. The average molecular weight is 622 g/mol. The van der Waals surface area contributed by atoms with E-state index in [9.17, 15) is 27.9 Å². The Balaban J connectivity index is 1.12. The molecule has 234 valence electrons. The molecule has 0 unspecified atom stereocenters. The SMILES string of the molecule is Cc1ccc(S(=O)(=O)N2CCC[C@@H]2C(=O)N[C@@H](CCC(=O)N2CCC(Cn3ccnc3-c3ccccc3)CC2)C(=O)O)cc1. The van der Waals surface area contributed by atoms with Gasteiger partial charge in [-0.15, -0.1) is 0 Å². The summed E-state index contributed by atoms with van der Waals surface area (Å²) in [4.78, 5) is 44.5. The Morgan fingerprint density at radius 3 is 2.39 bits per heavy atom. The largest absolute Gasteiger partial charge is 0.480 e. The molecule has 3 heterocycles. The minimum atomic E-state index is -3.92. The maximum Gasteiger partial charge on any atom is 0.326 e. The molecule has 12 heteroatoms. The molecule has 1 aromatic heterocycles. The van der Waals surface area contributed by atoms with Crippen molar-refractivity contribution in [1.82, 2.24) is 24.1 Å². The van der Waals surface area contributed by atoms with Crippen molar-refractivity contribution >= 4 is 27.8 Å². The zero-order valence-electron chi connectivity index (χ0n) is 24.8. The lowest BCUT2D eigenvalue weighted by atomic mass is 9.96. The first-order valence-electron chi connectivity index (χ1n) is 15.1. The second-order valence-electron chi connectivity index (χ2n) is 11.6. The van der Waals surface area contributed by atoms with E-state index in [2.05, 4.69) is 14.9 Å². The lowest BCUT2D eigenvalue weighted by molar-refractivity contribution is -0.143. The number of benzene rings is 2. The minimum Gasteiger partial charge on any atom is -0.480 e. The van der Waals surface area contributed by atoms with Crippen molar-refractivity contribution in [3.05, 3.63) is 72.6 Å². The first-order valence-corrected chi connectivity index (χ1v) is 16.5. The number of carbonyl (C=O) groups excluding carboxylic acids is 2. The zero-order chi connectivity index (χ0) is 31.3. The van der Waals surface area contributed by atoms with Crippen molar-refractivity contribution in [2.45, 2.75) is 69.0 Å². The van der Waals surface area contributed by atoms with Crippen molar-refractivity contribution in [2.75, 3.05) is 19.6 Å². The third kappa shape index (κ3) is 7.19. The van der Waals surface area contributed by atoms with Gasteiger partial charge >= 0.3 is 5.97 Å². The molecule has 0 bridgehead atoms. The van der Waals surface area contributed by atoms with Crippen LogP contribution in [0.3, 0.4) is 0 Å². The Bertz CT molecular complexity index is 1570. The molecule has 0 spiro atoms. The van der Waals surface area contributed by atoms with Gasteiger partial charge in [0.25, 0.3) is 0 Å². The summed E-state index contributed by atoms with van der Waals surface area (Å²) in [5.74, 6) is -0.772. The van der Waals surface area contributed by atoms with Gasteiger partial charge in [0.05, 0.1) is 4.90 Å². The number of imidazole rings is 1. The van der Waals surface area contributed by atoms with Crippen LogP contribution in [-0.2, 0) is 31.0 Å². The highest BCUT2D eigenvalue weighted by Gasteiger charge is 2.40. The highest BCUT2D eigenvalue weighted by atomic mass is 32.2. The van der Waals surface area contributed by atoms with E-state index in [1.54, 1.807) is 23.2 Å². The highest BCUT2D eigenvalue weighted by Crippen LogP contribution is 2.27. The third-order valence-electron chi connectivity index (χ3n) is 8.56. The second kappa shape index (κ2) is 13.7. The smallest absolute Gasteiger partial charge is 0.326 e. The van der Waals surface area contributed by atoms with Gasteiger partial charge in [-0.3, -0.25) is 9.59 Å². The molecule has 0 radical (unpaired) electrons. The van der Waals surface area contributed by atoms with Crippen molar-refractivity contribution in [3.8, 4) is 11.4 Å². The summed E-state index contributed by atoms with van der Waals surface area (Å²) in [6.45, 7) is 3.99. The quantitative estimate of drug-likeness (QED) is 0.335. The van der Waals surface area contributed by atoms with E-state index >= 15 is 0 Å². The van der Waals surface area contributed by atoms with Crippen LogP contribution in [0, 0.1) is 12.8 Å². The van der Waals surface area contributed by atoms with Crippen LogP contribution in [0.4, 0.5) is 0 Å². The van der Waals surface area contributed by atoms with E-state index in [-0.39, 0.29) is 30.2 Å². The number of piperidine rings is 1. The molecular weight excluding hydrogens is 582 g/mol. The number of aryl methyl sites for hydroxylation is 1. The summed E-state index contributed by atoms with van der Waals surface area (Å²) in [6, 6.07) is 14.1. The van der Waals surface area contributed by atoms with Crippen LogP contribution in [0.1, 0.15) is 44.1 Å². The molecule has 0 aliphatic carbocycles. The summed E-state index contributed by atoms with van der Waals surface area (Å²) < 4.78 is 29.8. The summed E-state index contributed by atoms with van der Waals surface area (Å²) in [6.07, 6.45) is 6.10. The summed E-state index contributed by atoms with van der Waals surface area (Å²) in [7, 11) is -3.92. The van der Waals surface area contributed by atoms with Gasteiger partial charge in [-0.05, 0) is 57.1 Å². The lowest BCUT2D eigenvalue weighted by Crippen LogP contribution is -2.51. The van der Waals surface area contributed by atoms with Gasteiger partial charge in [-0.25, -0.2) is 18.2 Å². The predicted octanol–water partition coefficient (Wildman–Crippen LogP) is 3.30. The van der Waals surface area contributed by atoms with E-state index in [4.69, 9.17) is 0 Å². The average Bonchev–Trinajstić information content (AvgIpc) is 3.71. The number of likely N-dealkylation sites (tertiary alicyclic amines) is 1.